The molecule has 2 aromatic rings. The molecule has 0 saturated carbocycles. The number of hydrogen-bond donors (Lipinski definition) is 0. The normalized spacial score (nSPS) is 10.4. The van der Waals surface area contributed by atoms with Crippen molar-refractivity contribution in [2.75, 3.05) is 13.7 Å². The van der Waals surface area contributed by atoms with E-state index in [1.807, 2.05) is 11.4 Å². The first-order valence-electron chi connectivity index (χ1n) is 5.37. The third-order valence-corrected chi connectivity index (χ3v) is 3.16. The molecule has 7 heteroatoms. The Kier molecular flexibility index (Phi) is 3.61. The van der Waals surface area contributed by atoms with Crippen LogP contribution in [0.25, 0.3) is 10.7 Å². The number of ether oxygens (including phenoxy) is 2. The van der Waals surface area contributed by atoms with E-state index in [1.165, 1.54) is 11.3 Å². The van der Waals surface area contributed by atoms with Gasteiger partial charge in [-0.15, -0.1) is 16.4 Å². The molecule has 0 radical (unpaired) electrons. The lowest BCUT2D eigenvalue weighted by Gasteiger charge is -2.00. The monoisotopic (exact) mass is 267 g/mol. The van der Waals surface area contributed by atoms with E-state index in [0.717, 1.165) is 4.88 Å². The molecule has 0 aliphatic carbocycles. The van der Waals surface area contributed by atoms with Gasteiger partial charge >= 0.3 is 5.97 Å². The van der Waals surface area contributed by atoms with Gasteiger partial charge in [0.2, 0.25) is 0 Å². The van der Waals surface area contributed by atoms with Gasteiger partial charge in [-0.3, -0.25) is 0 Å². The highest BCUT2D eigenvalue weighted by atomic mass is 32.1. The highest BCUT2D eigenvalue weighted by Crippen LogP contribution is 2.33. The van der Waals surface area contributed by atoms with Crippen LogP contribution in [0.2, 0.25) is 0 Å². The number of rotatable bonds is 4. The van der Waals surface area contributed by atoms with Crippen LogP contribution in [0.1, 0.15) is 17.5 Å². The van der Waals surface area contributed by atoms with Gasteiger partial charge in [0.15, 0.2) is 5.82 Å². The van der Waals surface area contributed by atoms with E-state index in [4.69, 9.17) is 9.47 Å². The molecule has 0 atom stereocenters. The first-order valence-corrected chi connectivity index (χ1v) is 6.25. The summed E-state index contributed by atoms with van der Waals surface area (Å²) in [5, 5.41) is 5.94. The molecule has 96 valence electrons. The summed E-state index contributed by atoms with van der Waals surface area (Å²) >= 11 is 1.48. The van der Waals surface area contributed by atoms with E-state index in [9.17, 15) is 4.79 Å². The number of thiophene rings is 1. The van der Waals surface area contributed by atoms with Gasteiger partial charge < -0.3 is 9.47 Å². The molecule has 0 bridgehead atoms. The van der Waals surface area contributed by atoms with Crippen LogP contribution in [0, 0.1) is 0 Å². The van der Waals surface area contributed by atoms with Crippen molar-refractivity contribution in [2.45, 2.75) is 6.92 Å². The molecule has 0 N–H and O–H groups in total. The number of nitrogens with zero attached hydrogens (tertiary/aromatic N) is 3. The van der Waals surface area contributed by atoms with E-state index >= 15 is 0 Å². The zero-order valence-electron chi connectivity index (χ0n) is 10.3. The summed E-state index contributed by atoms with van der Waals surface area (Å²) in [6, 6.07) is 1.85. The molecule has 2 heterocycles. The van der Waals surface area contributed by atoms with Gasteiger partial charge in [0, 0.05) is 7.05 Å². The van der Waals surface area contributed by atoms with E-state index in [-0.39, 0.29) is 5.82 Å². The van der Waals surface area contributed by atoms with Crippen LogP contribution in [0.5, 0.6) is 5.75 Å². The highest BCUT2D eigenvalue weighted by molar-refractivity contribution is 7.13. The van der Waals surface area contributed by atoms with Gasteiger partial charge in [-0.1, -0.05) is 0 Å². The van der Waals surface area contributed by atoms with Crippen molar-refractivity contribution in [1.82, 2.24) is 14.8 Å². The van der Waals surface area contributed by atoms with E-state index in [2.05, 4.69) is 10.1 Å². The van der Waals surface area contributed by atoms with Crippen LogP contribution >= 0.6 is 11.3 Å². The van der Waals surface area contributed by atoms with Crippen molar-refractivity contribution < 1.29 is 14.3 Å². The van der Waals surface area contributed by atoms with Gasteiger partial charge in [0.1, 0.15) is 10.6 Å². The van der Waals surface area contributed by atoms with Crippen LogP contribution in [0.3, 0.4) is 0 Å². The fourth-order valence-corrected chi connectivity index (χ4v) is 2.36. The summed E-state index contributed by atoms with van der Waals surface area (Å²) in [6.07, 6.45) is 0. The quantitative estimate of drug-likeness (QED) is 0.789. The molecular weight excluding hydrogens is 254 g/mol. The van der Waals surface area contributed by atoms with Crippen molar-refractivity contribution in [2.24, 2.45) is 7.05 Å². The lowest BCUT2D eigenvalue weighted by atomic mass is 10.4. The zero-order chi connectivity index (χ0) is 13.1. The summed E-state index contributed by atoms with van der Waals surface area (Å²) < 4.78 is 11.6. The lowest BCUT2D eigenvalue weighted by molar-refractivity contribution is 0.0512. The van der Waals surface area contributed by atoms with Crippen molar-refractivity contribution >= 4 is 17.3 Å². The Bertz CT molecular complexity index is 562. The van der Waals surface area contributed by atoms with Crippen molar-refractivity contribution in [1.29, 1.82) is 0 Å². The van der Waals surface area contributed by atoms with Crippen LogP contribution in [0.4, 0.5) is 0 Å². The van der Waals surface area contributed by atoms with E-state index in [0.29, 0.717) is 18.2 Å². The molecule has 2 aromatic heterocycles. The molecule has 0 spiro atoms. The third kappa shape index (κ3) is 2.21. The van der Waals surface area contributed by atoms with E-state index < -0.39 is 5.97 Å². The van der Waals surface area contributed by atoms with Gasteiger partial charge in [0.05, 0.1) is 13.7 Å². The number of esters is 1. The Balaban J connectivity index is 2.38. The molecule has 6 nitrogen and oxygen atoms in total. The lowest BCUT2D eigenvalue weighted by Crippen LogP contribution is -2.07. The number of hydrogen-bond acceptors (Lipinski definition) is 6. The Morgan fingerprint density at radius 1 is 1.56 bits per heavy atom. The van der Waals surface area contributed by atoms with Crippen LogP contribution in [0.15, 0.2) is 11.4 Å². The Hall–Kier alpha value is -1.89. The largest absolute Gasteiger partial charge is 0.495 e. The first kappa shape index (κ1) is 12.6. The van der Waals surface area contributed by atoms with Crippen molar-refractivity contribution in [3.05, 3.63) is 17.3 Å². The zero-order valence-corrected chi connectivity index (χ0v) is 11.2. The summed E-state index contributed by atoms with van der Waals surface area (Å²) in [7, 11) is 3.32. The van der Waals surface area contributed by atoms with Crippen LogP contribution in [-0.2, 0) is 11.8 Å². The fraction of sp³-hybridized carbons (Fsp3) is 0.364. The predicted octanol–water partition coefficient (Wildman–Crippen LogP) is 1.73. The molecule has 0 fully saturated rings. The standard InChI is InChI=1S/C11H13N3O3S/c1-4-17-11(15)9-12-10(14(2)13-9)8-7(16-3)5-6-18-8/h5-6H,4H2,1-3H3. The maximum Gasteiger partial charge on any atom is 0.378 e. The van der Waals surface area contributed by atoms with Gasteiger partial charge in [0.25, 0.3) is 5.82 Å². The third-order valence-electron chi connectivity index (χ3n) is 2.27. The summed E-state index contributed by atoms with van der Waals surface area (Å²) in [5.41, 5.74) is 0. The highest BCUT2D eigenvalue weighted by Gasteiger charge is 2.19. The number of aromatic nitrogens is 3. The number of aryl methyl sites for hydroxylation is 1. The summed E-state index contributed by atoms with van der Waals surface area (Å²) in [5.74, 6) is 0.843. The summed E-state index contributed by atoms with van der Waals surface area (Å²) in [4.78, 5) is 16.6. The second kappa shape index (κ2) is 5.18. The molecule has 0 aliphatic rings. The minimum Gasteiger partial charge on any atom is -0.495 e. The van der Waals surface area contributed by atoms with Gasteiger partial charge in [-0.25, -0.2) is 9.48 Å². The molecule has 0 unspecified atom stereocenters. The average molecular weight is 267 g/mol. The molecule has 0 amide bonds. The molecule has 0 saturated heterocycles. The molecular formula is C11H13N3O3S. The van der Waals surface area contributed by atoms with Crippen LogP contribution in [-0.4, -0.2) is 34.5 Å². The van der Waals surface area contributed by atoms with Crippen molar-refractivity contribution in [3.8, 4) is 16.5 Å². The van der Waals surface area contributed by atoms with Crippen molar-refractivity contribution in [3.63, 3.8) is 0 Å². The topological polar surface area (TPSA) is 66.2 Å². The van der Waals surface area contributed by atoms with E-state index in [1.54, 1.807) is 25.8 Å². The first-order chi connectivity index (χ1) is 8.67. The average Bonchev–Trinajstić information content (AvgIpc) is 2.94. The minimum atomic E-state index is -0.519. The Labute approximate surface area is 108 Å². The summed E-state index contributed by atoms with van der Waals surface area (Å²) in [6.45, 7) is 2.04. The Morgan fingerprint density at radius 3 is 3.00 bits per heavy atom. The number of carbonyl (C=O) groups excluding carboxylic acids is 1. The minimum absolute atomic E-state index is 0.0600. The van der Waals surface area contributed by atoms with Gasteiger partial charge in [-0.05, 0) is 18.4 Å². The Morgan fingerprint density at radius 2 is 2.33 bits per heavy atom. The fourth-order valence-electron chi connectivity index (χ4n) is 1.49. The number of methoxy groups -OCH3 is 1. The van der Waals surface area contributed by atoms with Crippen LogP contribution < -0.4 is 4.74 Å². The molecule has 18 heavy (non-hydrogen) atoms. The maximum absolute atomic E-state index is 11.5. The number of carbonyl (C=O) groups is 1. The maximum atomic E-state index is 11.5. The smallest absolute Gasteiger partial charge is 0.378 e. The SMILES string of the molecule is CCOC(=O)c1nc(-c2sccc2OC)n(C)n1. The molecule has 2 rings (SSSR count). The molecule has 0 aliphatic heterocycles. The second-order valence-corrected chi connectivity index (χ2v) is 4.34. The second-order valence-electron chi connectivity index (χ2n) is 3.42. The molecule has 0 aromatic carbocycles. The predicted molar refractivity (Wildman–Crippen MR) is 66.8 cm³/mol. The van der Waals surface area contributed by atoms with Gasteiger partial charge in [-0.2, -0.15) is 4.98 Å².